The van der Waals surface area contributed by atoms with Crippen LogP contribution in [0.2, 0.25) is 0 Å². The first-order chi connectivity index (χ1) is 8.70. The van der Waals surface area contributed by atoms with E-state index in [1.807, 2.05) is 36.1 Å². The van der Waals surface area contributed by atoms with E-state index in [0.717, 1.165) is 24.9 Å². The molecule has 1 unspecified atom stereocenters. The molecule has 1 aliphatic heterocycles. The largest absolute Gasteiger partial charge is 0.396 e. The number of aliphatic hydroxyl groups excluding tert-OH is 1. The minimum atomic E-state index is 0.183. The van der Waals surface area contributed by atoms with Gasteiger partial charge in [0, 0.05) is 19.7 Å². The lowest BCUT2D eigenvalue weighted by Gasteiger charge is -2.32. The summed E-state index contributed by atoms with van der Waals surface area (Å²) in [6, 6.07) is 8.02. The van der Waals surface area contributed by atoms with E-state index in [-0.39, 0.29) is 18.4 Å². The first kappa shape index (κ1) is 13.1. The monoisotopic (exact) mass is 247 g/mol. The zero-order valence-electron chi connectivity index (χ0n) is 10.9. The first-order valence-corrected chi connectivity index (χ1v) is 6.64. The zero-order valence-corrected chi connectivity index (χ0v) is 10.9. The van der Waals surface area contributed by atoms with Gasteiger partial charge in [-0.2, -0.15) is 0 Å². The SMILES string of the molecule is Cc1ccccc1CC(=O)N1CCCC(CO)C1. The Bertz CT molecular complexity index is 417. The number of aliphatic hydroxyl groups is 1. The van der Waals surface area contributed by atoms with Gasteiger partial charge in [0.05, 0.1) is 6.42 Å². The maximum absolute atomic E-state index is 12.2. The highest BCUT2D eigenvalue weighted by atomic mass is 16.3. The molecule has 3 nitrogen and oxygen atoms in total. The smallest absolute Gasteiger partial charge is 0.227 e. The van der Waals surface area contributed by atoms with Crippen molar-refractivity contribution >= 4 is 5.91 Å². The Hall–Kier alpha value is -1.35. The molecule has 18 heavy (non-hydrogen) atoms. The minimum absolute atomic E-state index is 0.183. The Morgan fingerprint density at radius 1 is 1.44 bits per heavy atom. The summed E-state index contributed by atoms with van der Waals surface area (Å²) in [5, 5.41) is 9.19. The predicted molar refractivity (Wildman–Crippen MR) is 71.3 cm³/mol. The molecule has 1 heterocycles. The van der Waals surface area contributed by atoms with Crippen LogP contribution in [0.5, 0.6) is 0 Å². The summed E-state index contributed by atoms with van der Waals surface area (Å²) in [5.74, 6) is 0.446. The van der Waals surface area contributed by atoms with E-state index in [9.17, 15) is 9.90 Å². The van der Waals surface area contributed by atoms with Crippen LogP contribution in [0, 0.1) is 12.8 Å². The fourth-order valence-corrected chi connectivity index (χ4v) is 2.52. The van der Waals surface area contributed by atoms with Crippen molar-refractivity contribution in [2.75, 3.05) is 19.7 Å². The van der Waals surface area contributed by atoms with Gasteiger partial charge in [0.15, 0.2) is 0 Å². The maximum atomic E-state index is 12.2. The van der Waals surface area contributed by atoms with Gasteiger partial charge in [0.2, 0.25) is 5.91 Å². The normalized spacial score (nSPS) is 19.9. The molecule has 2 rings (SSSR count). The molecule has 1 aromatic rings. The number of carbonyl (C=O) groups excluding carboxylic acids is 1. The Morgan fingerprint density at radius 2 is 2.22 bits per heavy atom. The number of nitrogens with zero attached hydrogens (tertiary/aromatic N) is 1. The second kappa shape index (κ2) is 6.01. The summed E-state index contributed by atoms with van der Waals surface area (Å²) in [5.41, 5.74) is 2.27. The highest BCUT2D eigenvalue weighted by Gasteiger charge is 2.23. The molecule has 1 fully saturated rings. The third-order valence-corrected chi connectivity index (χ3v) is 3.73. The summed E-state index contributed by atoms with van der Waals surface area (Å²) >= 11 is 0. The molecule has 1 amide bonds. The molecule has 1 N–H and O–H groups in total. The lowest BCUT2D eigenvalue weighted by Crippen LogP contribution is -2.41. The van der Waals surface area contributed by atoms with Crippen molar-refractivity contribution in [3.8, 4) is 0 Å². The number of carbonyl (C=O) groups is 1. The highest BCUT2D eigenvalue weighted by molar-refractivity contribution is 5.79. The Morgan fingerprint density at radius 3 is 2.94 bits per heavy atom. The average molecular weight is 247 g/mol. The van der Waals surface area contributed by atoms with E-state index in [4.69, 9.17) is 0 Å². The first-order valence-electron chi connectivity index (χ1n) is 6.64. The van der Waals surface area contributed by atoms with Crippen molar-refractivity contribution in [3.63, 3.8) is 0 Å². The number of hydrogen-bond acceptors (Lipinski definition) is 2. The van der Waals surface area contributed by atoms with Crippen molar-refractivity contribution in [3.05, 3.63) is 35.4 Å². The van der Waals surface area contributed by atoms with E-state index in [1.165, 1.54) is 5.56 Å². The van der Waals surface area contributed by atoms with Gasteiger partial charge in [-0.1, -0.05) is 24.3 Å². The van der Waals surface area contributed by atoms with Crippen LogP contribution in [0.25, 0.3) is 0 Å². The van der Waals surface area contributed by atoms with E-state index in [1.54, 1.807) is 0 Å². The van der Waals surface area contributed by atoms with Crippen molar-refractivity contribution in [2.45, 2.75) is 26.2 Å². The van der Waals surface area contributed by atoms with Gasteiger partial charge in [-0.05, 0) is 36.8 Å². The van der Waals surface area contributed by atoms with Gasteiger partial charge >= 0.3 is 0 Å². The number of aryl methyl sites for hydroxylation is 1. The van der Waals surface area contributed by atoms with Crippen LogP contribution in [-0.2, 0) is 11.2 Å². The standard InChI is InChI=1S/C15H21NO2/c1-12-5-2-3-7-14(12)9-15(18)16-8-4-6-13(10-16)11-17/h2-3,5,7,13,17H,4,6,8-11H2,1H3. The van der Waals surface area contributed by atoms with Crippen LogP contribution in [0.4, 0.5) is 0 Å². The molecule has 1 atom stereocenters. The molecule has 1 aromatic carbocycles. The minimum Gasteiger partial charge on any atom is -0.396 e. The van der Waals surface area contributed by atoms with E-state index < -0.39 is 0 Å². The fraction of sp³-hybridized carbons (Fsp3) is 0.533. The topological polar surface area (TPSA) is 40.5 Å². The van der Waals surface area contributed by atoms with Crippen molar-refractivity contribution in [1.82, 2.24) is 4.90 Å². The highest BCUT2D eigenvalue weighted by Crippen LogP contribution is 2.17. The van der Waals surface area contributed by atoms with Gasteiger partial charge in [-0.25, -0.2) is 0 Å². The van der Waals surface area contributed by atoms with Crippen LogP contribution < -0.4 is 0 Å². The number of likely N-dealkylation sites (tertiary alicyclic amines) is 1. The third kappa shape index (κ3) is 3.10. The molecule has 3 heteroatoms. The molecule has 0 radical (unpaired) electrons. The van der Waals surface area contributed by atoms with Crippen molar-refractivity contribution in [2.24, 2.45) is 5.92 Å². The molecular weight excluding hydrogens is 226 g/mol. The van der Waals surface area contributed by atoms with Gasteiger partial charge in [0.1, 0.15) is 0 Å². The van der Waals surface area contributed by atoms with Gasteiger partial charge < -0.3 is 10.0 Å². The van der Waals surface area contributed by atoms with Crippen LogP contribution in [0.1, 0.15) is 24.0 Å². The van der Waals surface area contributed by atoms with Gasteiger partial charge in [-0.3, -0.25) is 4.79 Å². The zero-order chi connectivity index (χ0) is 13.0. The molecule has 0 saturated carbocycles. The third-order valence-electron chi connectivity index (χ3n) is 3.73. The van der Waals surface area contributed by atoms with Crippen LogP contribution in [0.15, 0.2) is 24.3 Å². The van der Waals surface area contributed by atoms with Crippen LogP contribution in [0.3, 0.4) is 0 Å². The lowest BCUT2D eigenvalue weighted by molar-refractivity contribution is -0.132. The molecule has 0 bridgehead atoms. The number of rotatable bonds is 3. The van der Waals surface area contributed by atoms with E-state index in [2.05, 4.69) is 0 Å². The summed E-state index contributed by atoms with van der Waals surface area (Å²) in [6.45, 7) is 3.77. The number of benzene rings is 1. The Kier molecular flexibility index (Phi) is 4.37. The number of hydrogen-bond donors (Lipinski definition) is 1. The summed E-state index contributed by atoms with van der Waals surface area (Å²) in [7, 11) is 0. The molecule has 0 spiro atoms. The summed E-state index contributed by atoms with van der Waals surface area (Å²) in [4.78, 5) is 14.1. The van der Waals surface area contributed by atoms with E-state index in [0.29, 0.717) is 13.0 Å². The summed E-state index contributed by atoms with van der Waals surface area (Å²) in [6.07, 6.45) is 2.51. The number of piperidine rings is 1. The fourth-order valence-electron chi connectivity index (χ4n) is 2.52. The second-order valence-electron chi connectivity index (χ2n) is 5.13. The van der Waals surface area contributed by atoms with Crippen molar-refractivity contribution < 1.29 is 9.90 Å². The maximum Gasteiger partial charge on any atom is 0.227 e. The summed E-state index contributed by atoms with van der Waals surface area (Å²) < 4.78 is 0. The lowest BCUT2D eigenvalue weighted by atomic mass is 9.98. The molecule has 1 saturated heterocycles. The van der Waals surface area contributed by atoms with Crippen molar-refractivity contribution in [1.29, 1.82) is 0 Å². The quantitative estimate of drug-likeness (QED) is 0.884. The Balaban J connectivity index is 1.97. The van der Waals surface area contributed by atoms with Gasteiger partial charge in [-0.15, -0.1) is 0 Å². The van der Waals surface area contributed by atoms with E-state index >= 15 is 0 Å². The number of amides is 1. The van der Waals surface area contributed by atoms with Gasteiger partial charge in [0.25, 0.3) is 0 Å². The second-order valence-corrected chi connectivity index (χ2v) is 5.13. The average Bonchev–Trinajstić information content (AvgIpc) is 2.41. The molecule has 0 aliphatic carbocycles. The molecule has 1 aliphatic rings. The molecular formula is C15H21NO2. The van der Waals surface area contributed by atoms with Crippen LogP contribution >= 0.6 is 0 Å². The molecule has 98 valence electrons. The Labute approximate surface area is 108 Å². The van der Waals surface area contributed by atoms with Crippen LogP contribution in [-0.4, -0.2) is 35.6 Å². The predicted octanol–water partition coefficient (Wildman–Crippen LogP) is 1.77. The molecule has 0 aromatic heterocycles.